The molecule has 0 radical (unpaired) electrons. The van der Waals surface area contributed by atoms with Crippen molar-refractivity contribution >= 4 is 5.69 Å². The van der Waals surface area contributed by atoms with Crippen LogP contribution in [0.2, 0.25) is 0 Å². The highest BCUT2D eigenvalue weighted by Gasteiger charge is 2.28. The topological polar surface area (TPSA) is 12.0 Å². The lowest BCUT2D eigenvalue weighted by atomic mass is 9.79. The number of hydrogen-bond donors (Lipinski definition) is 1. The molecule has 0 aromatic heterocycles. The molecule has 1 heteroatoms. The maximum Gasteiger partial charge on any atom is 0.0381 e. The van der Waals surface area contributed by atoms with Gasteiger partial charge in [0.15, 0.2) is 0 Å². The zero-order valence-corrected chi connectivity index (χ0v) is 11.6. The molecule has 0 saturated carbocycles. The van der Waals surface area contributed by atoms with E-state index in [2.05, 4.69) is 73.8 Å². The van der Waals surface area contributed by atoms with Crippen molar-refractivity contribution in [3.63, 3.8) is 0 Å². The Balaban J connectivity index is 2.03. The Hall–Kier alpha value is -1.76. The van der Waals surface area contributed by atoms with E-state index in [1.54, 1.807) is 0 Å². The van der Waals surface area contributed by atoms with Crippen molar-refractivity contribution in [3.05, 3.63) is 65.7 Å². The molecule has 0 fully saturated rings. The number of nitrogens with one attached hydrogen (secondary N) is 1. The second-order valence-electron chi connectivity index (χ2n) is 5.78. The van der Waals surface area contributed by atoms with E-state index in [0.717, 1.165) is 0 Å². The third-order valence-corrected chi connectivity index (χ3v) is 4.17. The zero-order chi connectivity index (χ0) is 13.2. The van der Waals surface area contributed by atoms with Gasteiger partial charge in [-0.1, -0.05) is 62.4 Å². The normalized spacial score (nSPS) is 21.8. The average Bonchev–Trinajstić information content (AvgIpc) is 2.47. The quantitative estimate of drug-likeness (QED) is 0.818. The highest BCUT2D eigenvalue weighted by Crippen LogP contribution is 2.39. The summed E-state index contributed by atoms with van der Waals surface area (Å²) in [5, 5.41) is 3.70. The Labute approximate surface area is 115 Å². The summed E-state index contributed by atoms with van der Waals surface area (Å²) >= 11 is 0. The molecule has 2 atom stereocenters. The van der Waals surface area contributed by atoms with Crippen molar-refractivity contribution < 1.29 is 0 Å². The predicted molar refractivity (Wildman–Crippen MR) is 81.6 cm³/mol. The Bertz CT molecular complexity index is 545. The molecule has 1 nitrogen and oxygen atoms in total. The highest BCUT2D eigenvalue weighted by molar-refractivity contribution is 5.58. The maximum atomic E-state index is 3.70. The maximum absolute atomic E-state index is 3.70. The van der Waals surface area contributed by atoms with Gasteiger partial charge in [-0.2, -0.15) is 0 Å². The molecule has 1 N–H and O–H groups in total. The van der Waals surface area contributed by atoms with E-state index in [1.165, 1.54) is 23.2 Å². The number of hydrogen-bond acceptors (Lipinski definition) is 1. The van der Waals surface area contributed by atoms with E-state index in [-0.39, 0.29) is 0 Å². The summed E-state index contributed by atoms with van der Waals surface area (Å²) in [6.07, 6.45) is 1.18. The molecule has 19 heavy (non-hydrogen) atoms. The number of rotatable bonds is 2. The van der Waals surface area contributed by atoms with Crippen molar-refractivity contribution in [2.24, 2.45) is 5.92 Å². The van der Waals surface area contributed by atoms with E-state index in [9.17, 15) is 0 Å². The van der Waals surface area contributed by atoms with Gasteiger partial charge in [0, 0.05) is 17.6 Å². The van der Waals surface area contributed by atoms with Crippen LogP contribution >= 0.6 is 0 Å². The van der Waals surface area contributed by atoms with Gasteiger partial charge in [-0.3, -0.25) is 0 Å². The van der Waals surface area contributed by atoms with Crippen LogP contribution in [0.1, 0.15) is 37.3 Å². The molecule has 3 rings (SSSR count). The van der Waals surface area contributed by atoms with Crippen LogP contribution in [0.15, 0.2) is 54.6 Å². The monoisotopic (exact) mass is 251 g/mol. The van der Waals surface area contributed by atoms with Crippen LogP contribution in [0.4, 0.5) is 5.69 Å². The van der Waals surface area contributed by atoms with Crippen molar-refractivity contribution in [2.75, 3.05) is 5.32 Å². The first-order valence-electron chi connectivity index (χ1n) is 7.16. The molecule has 98 valence electrons. The molecular formula is C18H21N. The SMILES string of the molecule is CC(C)C1CC(c2ccccc2)c2ccccc2N1. The third-order valence-electron chi connectivity index (χ3n) is 4.17. The van der Waals surface area contributed by atoms with E-state index >= 15 is 0 Å². The lowest BCUT2D eigenvalue weighted by molar-refractivity contribution is 0.459. The zero-order valence-electron chi connectivity index (χ0n) is 11.6. The molecule has 0 spiro atoms. The van der Waals surface area contributed by atoms with Gasteiger partial charge >= 0.3 is 0 Å². The van der Waals surface area contributed by atoms with Gasteiger partial charge in [0.1, 0.15) is 0 Å². The van der Waals surface area contributed by atoms with Gasteiger partial charge in [-0.25, -0.2) is 0 Å². The van der Waals surface area contributed by atoms with Gasteiger partial charge in [0.05, 0.1) is 0 Å². The number of fused-ring (bicyclic) bond motifs is 1. The van der Waals surface area contributed by atoms with E-state index in [4.69, 9.17) is 0 Å². The molecule has 1 aliphatic rings. The lowest BCUT2D eigenvalue weighted by Gasteiger charge is -2.35. The first kappa shape index (κ1) is 12.3. The van der Waals surface area contributed by atoms with Crippen molar-refractivity contribution in [1.82, 2.24) is 0 Å². The Morgan fingerprint density at radius 2 is 1.63 bits per heavy atom. The van der Waals surface area contributed by atoms with Crippen LogP contribution in [-0.2, 0) is 0 Å². The summed E-state index contributed by atoms with van der Waals surface area (Å²) in [5.41, 5.74) is 4.18. The van der Waals surface area contributed by atoms with Crippen molar-refractivity contribution in [1.29, 1.82) is 0 Å². The number of anilines is 1. The fourth-order valence-electron chi connectivity index (χ4n) is 3.01. The molecule has 2 unspecified atom stereocenters. The third kappa shape index (κ3) is 2.37. The summed E-state index contributed by atoms with van der Waals surface area (Å²) < 4.78 is 0. The lowest BCUT2D eigenvalue weighted by Crippen LogP contribution is -2.32. The standard InChI is InChI=1S/C18H21N/c1-13(2)18-12-16(14-8-4-3-5-9-14)15-10-6-7-11-17(15)19-18/h3-11,13,16,18-19H,12H2,1-2H3. The van der Waals surface area contributed by atoms with Gasteiger partial charge in [0.25, 0.3) is 0 Å². The van der Waals surface area contributed by atoms with E-state index in [1.807, 2.05) is 0 Å². The molecule has 1 aliphatic heterocycles. The summed E-state index contributed by atoms with van der Waals surface area (Å²) in [5.74, 6) is 1.17. The molecule has 0 aliphatic carbocycles. The minimum Gasteiger partial charge on any atom is -0.382 e. The van der Waals surface area contributed by atoms with Crippen LogP contribution < -0.4 is 5.32 Å². The van der Waals surface area contributed by atoms with Crippen molar-refractivity contribution in [2.45, 2.75) is 32.2 Å². The Kier molecular flexibility index (Phi) is 3.29. The van der Waals surface area contributed by atoms with Gasteiger partial charge in [-0.15, -0.1) is 0 Å². The fraction of sp³-hybridized carbons (Fsp3) is 0.333. The summed E-state index contributed by atoms with van der Waals surface area (Å²) in [4.78, 5) is 0. The van der Waals surface area contributed by atoms with Crippen LogP contribution in [0.25, 0.3) is 0 Å². The number of benzene rings is 2. The average molecular weight is 251 g/mol. The van der Waals surface area contributed by atoms with Gasteiger partial charge in [0.2, 0.25) is 0 Å². The molecule has 0 amide bonds. The summed E-state index contributed by atoms with van der Waals surface area (Å²) in [6.45, 7) is 4.60. The second-order valence-corrected chi connectivity index (χ2v) is 5.78. The molecule has 1 heterocycles. The van der Waals surface area contributed by atoms with Gasteiger partial charge in [-0.05, 0) is 29.5 Å². The molecule has 0 bridgehead atoms. The van der Waals surface area contributed by atoms with Gasteiger partial charge < -0.3 is 5.32 Å². The van der Waals surface area contributed by atoms with Crippen LogP contribution in [0.3, 0.4) is 0 Å². The number of para-hydroxylation sites is 1. The first-order chi connectivity index (χ1) is 9.25. The minimum atomic E-state index is 0.519. The highest BCUT2D eigenvalue weighted by atomic mass is 14.9. The fourth-order valence-corrected chi connectivity index (χ4v) is 3.01. The largest absolute Gasteiger partial charge is 0.382 e. The first-order valence-corrected chi connectivity index (χ1v) is 7.16. The second kappa shape index (κ2) is 5.08. The van der Waals surface area contributed by atoms with Crippen LogP contribution in [0, 0.1) is 5.92 Å². The minimum absolute atomic E-state index is 0.519. The summed E-state index contributed by atoms with van der Waals surface area (Å²) in [6, 6.07) is 20.2. The Morgan fingerprint density at radius 1 is 0.947 bits per heavy atom. The van der Waals surface area contributed by atoms with E-state index in [0.29, 0.717) is 17.9 Å². The van der Waals surface area contributed by atoms with E-state index < -0.39 is 0 Å². The van der Waals surface area contributed by atoms with Crippen LogP contribution in [-0.4, -0.2) is 6.04 Å². The van der Waals surface area contributed by atoms with Crippen LogP contribution in [0.5, 0.6) is 0 Å². The molecule has 2 aromatic carbocycles. The smallest absolute Gasteiger partial charge is 0.0381 e. The van der Waals surface area contributed by atoms with Crippen molar-refractivity contribution in [3.8, 4) is 0 Å². The molecular weight excluding hydrogens is 230 g/mol. The molecule has 0 saturated heterocycles. The molecule has 2 aromatic rings. The Morgan fingerprint density at radius 3 is 2.37 bits per heavy atom. The predicted octanol–water partition coefficient (Wildman–Crippen LogP) is 4.66. The summed E-state index contributed by atoms with van der Waals surface area (Å²) in [7, 11) is 0.